The number of dihydropyridines is 1. The van der Waals surface area contributed by atoms with E-state index in [1.807, 2.05) is 86.8 Å². The van der Waals surface area contributed by atoms with Gasteiger partial charge in [-0.25, -0.2) is 0 Å². The minimum atomic E-state index is -0.525. The van der Waals surface area contributed by atoms with Crippen LogP contribution in [0.1, 0.15) is 28.8 Å². The maximum absolute atomic E-state index is 13.5. The molecule has 0 spiro atoms. The first-order chi connectivity index (χ1) is 17.4. The van der Waals surface area contributed by atoms with Gasteiger partial charge >= 0.3 is 0 Å². The van der Waals surface area contributed by atoms with Gasteiger partial charge in [0.1, 0.15) is 0 Å². The molecule has 3 aromatic rings. The molecule has 1 atom stereocenters. The highest BCUT2D eigenvalue weighted by atomic mass is 32.2. The summed E-state index contributed by atoms with van der Waals surface area (Å²) in [5, 5.41) is 21.8. The molecule has 1 aromatic heterocycles. The number of nitrogens with zero attached hydrogens (tertiary/aromatic N) is 1. The molecular formula is C28H26N4O2S2. The zero-order chi connectivity index (χ0) is 25.7. The molecule has 0 saturated heterocycles. The minimum absolute atomic E-state index is 0.122. The molecule has 182 valence electrons. The first-order valence-electron chi connectivity index (χ1n) is 11.4. The van der Waals surface area contributed by atoms with Crippen molar-refractivity contribution < 1.29 is 9.59 Å². The average Bonchev–Trinajstić information content (AvgIpc) is 3.39. The van der Waals surface area contributed by atoms with Crippen LogP contribution in [-0.4, -0.2) is 17.6 Å². The van der Waals surface area contributed by atoms with Gasteiger partial charge in [-0.15, -0.1) is 11.3 Å². The molecule has 0 radical (unpaired) electrons. The fourth-order valence-electron chi connectivity index (χ4n) is 3.94. The Hall–Kier alpha value is -3.80. The highest BCUT2D eigenvalue weighted by Gasteiger charge is 2.35. The van der Waals surface area contributed by atoms with Gasteiger partial charge in [-0.05, 0) is 56.0 Å². The summed E-state index contributed by atoms with van der Waals surface area (Å²) in [5.74, 6) is -0.839. The molecule has 1 unspecified atom stereocenters. The van der Waals surface area contributed by atoms with E-state index in [4.69, 9.17) is 0 Å². The van der Waals surface area contributed by atoms with Crippen molar-refractivity contribution in [2.75, 3.05) is 16.4 Å². The minimum Gasteiger partial charge on any atom is -0.353 e. The smallest absolute Gasteiger partial charge is 0.254 e. The van der Waals surface area contributed by atoms with E-state index in [0.29, 0.717) is 21.9 Å². The molecule has 0 bridgehead atoms. The van der Waals surface area contributed by atoms with Crippen LogP contribution in [0.4, 0.5) is 11.4 Å². The van der Waals surface area contributed by atoms with E-state index in [2.05, 4.69) is 22.0 Å². The number of anilines is 2. The Kier molecular flexibility index (Phi) is 7.93. The molecule has 36 heavy (non-hydrogen) atoms. The number of hydrogen-bond donors (Lipinski definition) is 3. The quantitative estimate of drug-likeness (QED) is 0.356. The second-order valence-corrected chi connectivity index (χ2v) is 10.4. The van der Waals surface area contributed by atoms with Crippen LogP contribution in [0.3, 0.4) is 0 Å². The number of nitrogens with one attached hydrogen (secondary N) is 3. The maximum Gasteiger partial charge on any atom is 0.254 e. The zero-order valence-corrected chi connectivity index (χ0v) is 21.8. The molecule has 1 aliphatic heterocycles. The van der Waals surface area contributed by atoms with E-state index >= 15 is 0 Å². The standard InChI is InChI=1S/C28H26N4O2S2/c1-17-10-12-20(13-11-17)31-24(33)16-36-28-21(15-29)26(23-9-6-14-35-23)25(19(3)30-28)27(34)32-22-8-5-4-7-18(22)2/h4-14,26,30H,16H2,1-3H3,(H,31,33)(H,32,34). The molecule has 2 aromatic carbocycles. The Morgan fingerprint density at radius 2 is 1.78 bits per heavy atom. The van der Waals surface area contributed by atoms with Crippen LogP contribution >= 0.6 is 23.1 Å². The lowest BCUT2D eigenvalue weighted by molar-refractivity contribution is -0.114. The van der Waals surface area contributed by atoms with Crippen LogP contribution in [-0.2, 0) is 9.59 Å². The highest BCUT2D eigenvalue weighted by molar-refractivity contribution is 8.03. The lowest BCUT2D eigenvalue weighted by atomic mass is 9.86. The average molecular weight is 515 g/mol. The van der Waals surface area contributed by atoms with E-state index < -0.39 is 5.92 Å². The van der Waals surface area contributed by atoms with Gasteiger partial charge in [-0.3, -0.25) is 9.59 Å². The second-order valence-electron chi connectivity index (χ2n) is 8.44. The Balaban J connectivity index is 1.58. The number of carbonyl (C=O) groups is 2. The van der Waals surface area contributed by atoms with Crippen LogP contribution in [0.15, 0.2) is 87.9 Å². The topological polar surface area (TPSA) is 94.0 Å². The van der Waals surface area contributed by atoms with Gasteiger partial charge in [-0.2, -0.15) is 5.26 Å². The van der Waals surface area contributed by atoms with Gasteiger partial charge in [-0.1, -0.05) is 53.7 Å². The fourth-order valence-corrected chi connectivity index (χ4v) is 5.68. The second kappa shape index (κ2) is 11.3. The molecule has 1 aliphatic rings. The summed E-state index contributed by atoms with van der Waals surface area (Å²) in [6.45, 7) is 5.75. The van der Waals surface area contributed by atoms with Crippen molar-refractivity contribution in [3.63, 3.8) is 0 Å². The number of aryl methyl sites for hydroxylation is 2. The predicted octanol–water partition coefficient (Wildman–Crippen LogP) is 6.07. The van der Waals surface area contributed by atoms with Crippen molar-refractivity contribution in [3.8, 4) is 6.07 Å². The van der Waals surface area contributed by atoms with Crippen LogP contribution < -0.4 is 16.0 Å². The van der Waals surface area contributed by atoms with Gasteiger partial charge in [0.15, 0.2) is 0 Å². The summed E-state index contributed by atoms with van der Waals surface area (Å²) < 4.78 is 0. The maximum atomic E-state index is 13.5. The van der Waals surface area contributed by atoms with Crippen molar-refractivity contribution in [2.24, 2.45) is 0 Å². The van der Waals surface area contributed by atoms with Gasteiger partial charge < -0.3 is 16.0 Å². The van der Waals surface area contributed by atoms with E-state index in [1.165, 1.54) is 23.1 Å². The summed E-state index contributed by atoms with van der Waals surface area (Å²) >= 11 is 2.75. The molecule has 0 fully saturated rings. The summed E-state index contributed by atoms with van der Waals surface area (Å²) in [6, 6.07) is 21.3. The highest BCUT2D eigenvalue weighted by Crippen LogP contribution is 2.42. The van der Waals surface area contributed by atoms with Crippen molar-refractivity contribution in [1.82, 2.24) is 5.32 Å². The first kappa shape index (κ1) is 25.3. The monoisotopic (exact) mass is 514 g/mol. The fraction of sp³-hybridized carbons (Fsp3) is 0.179. The van der Waals surface area contributed by atoms with Gasteiger partial charge in [0, 0.05) is 27.5 Å². The van der Waals surface area contributed by atoms with Crippen LogP contribution in [0.25, 0.3) is 0 Å². The molecule has 0 aliphatic carbocycles. The van der Waals surface area contributed by atoms with Crippen molar-refractivity contribution in [1.29, 1.82) is 5.26 Å². The van der Waals surface area contributed by atoms with Crippen molar-refractivity contribution >= 4 is 46.3 Å². The van der Waals surface area contributed by atoms with Crippen LogP contribution in [0, 0.1) is 25.2 Å². The molecule has 6 nitrogen and oxygen atoms in total. The molecule has 2 heterocycles. The Morgan fingerprint density at radius 3 is 2.44 bits per heavy atom. The molecular weight excluding hydrogens is 488 g/mol. The van der Waals surface area contributed by atoms with Gasteiger partial charge in [0.05, 0.1) is 28.3 Å². The SMILES string of the molecule is CC1=C(C(=O)Nc2ccccc2C)C(c2cccs2)C(C#N)=C(SCC(=O)Nc2ccc(C)cc2)N1. The van der Waals surface area contributed by atoms with E-state index in [9.17, 15) is 14.9 Å². The van der Waals surface area contributed by atoms with E-state index in [0.717, 1.165) is 27.4 Å². The lowest BCUT2D eigenvalue weighted by Gasteiger charge is -2.29. The number of allylic oxidation sites excluding steroid dienone is 2. The number of nitriles is 1. The van der Waals surface area contributed by atoms with Gasteiger partial charge in [0.25, 0.3) is 5.91 Å². The number of carbonyl (C=O) groups excluding carboxylic acids is 2. The van der Waals surface area contributed by atoms with E-state index in [1.54, 1.807) is 0 Å². The molecule has 3 N–H and O–H groups in total. The van der Waals surface area contributed by atoms with E-state index in [-0.39, 0.29) is 17.6 Å². The molecule has 2 amide bonds. The third-order valence-corrected chi connectivity index (χ3v) is 7.75. The summed E-state index contributed by atoms with van der Waals surface area (Å²) in [5.41, 5.74) is 5.08. The lowest BCUT2D eigenvalue weighted by Crippen LogP contribution is -2.31. The van der Waals surface area contributed by atoms with Crippen LogP contribution in [0.2, 0.25) is 0 Å². The number of thiophene rings is 1. The molecule has 8 heteroatoms. The summed E-state index contributed by atoms with van der Waals surface area (Å²) in [6.07, 6.45) is 0. The Labute approximate surface area is 219 Å². The zero-order valence-electron chi connectivity index (χ0n) is 20.2. The third-order valence-electron chi connectivity index (χ3n) is 5.80. The number of benzene rings is 2. The number of rotatable bonds is 7. The third kappa shape index (κ3) is 5.70. The summed E-state index contributed by atoms with van der Waals surface area (Å²) in [7, 11) is 0. The number of thioether (sulfide) groups is 1. The van der Waals surface area contributed by atoms with Crippen molar-refractivity contribution in [3.05, 3.63) is 104 Å². The largest absolute Gasteiger partial charge is 0.353 e. The molecule has 4 rings (SSSR count). The number of para-hydroxylation sites is 1. The van der Waals surface area contributed by atoms with Gasteiger partial charge in [0.2, 0.25) is 5.91 Å². The Bertz CT molecular complexity index is 1380. The van der Waals surface area contributed by atoms with Crippen molar-refractivity contribution in [2.45, 2.75) is 26.7 Å². The summed E-state index contributed by atoms with van der Waals surface area (Å²) in [4.78, 5) is 27.0. The van der Waals surface area contributed by atoms with Crippen LogP contribution in [0.5, 0.6) is 0 Å². The first-order valence-corrected chi connectivity index (χ1v) is 13.3. The number of hydrogen-bond acceptors (Lipinski definition) is 6. The Morgan fingerprint density at radius 1 is 1.03 bits per heavy atom. The molecule has 0 saturated carbocycles. The number of amides is 2. The normalized spacial score (nSPS) is 15.2. The predicted molar refractivity (Wildman–Crippen MR) is 148 cm³/mol.